The van der Waals surface area contributed by atoms with E-state index in [0.717, 1.165) is 0 Å². The molecule has 0 heterocycles. The zero-order valence-corrected chi connectivity index (χ0v) is 6.18. The normalized spacial score (nSPS) is 9.46. The SMILES string of the molecule is N#Cc1c(O)c(O)c(O)c(O)c1O. The van der Waals surface area contributed by atoms with Crippen molar-refractivity contribution in [2.45, 2.75) is 0 Å². The van der Waals surface area contributed by atoms with E-state index in [1.165, 1.54) is 6.07 Å². The van der Waals surface area contributed by atoms with E-state index in [2.05, 4.69) is 0 Å². The Morgan fingerprint density at radius 1 is 0.692 bits per heavy atom. The highest BCUT2D eigenvalue weighted by Crippen LogP contribution is 2.50. The standard InChI is InChI=1S/C7H5NO5/c8-1-2-3(9)5(11)7(13)6(12)4(2)10/h9-13H. The van der Waals surface area contributed by atoms with E-state index in [4.69, 9.17) is 30.8 Å². The average Bonchev–Trinajstić information content (AvgIpc) is 2.13. The van der Waals surface area contributed by atoms with E-state index in [-0.39, 0.29) is 0 Å². The van der Waals surface area contributed by atoms with Crippen LogP contribution < -0.4 is 0 Å². The molecular weight excluding hydrogens is 178 g/mol. The number of benzene rings is 1. The number of phenols is 5. The lowest BCUT2D eigenvalue weighted by Crippen LogP contribution is -1.82. The molecule has 68 valence electrons. The number of rotatable bonds is 0. The first-order chi connectivity index (χ1) is 6.00. The molecule has 0 unspecified atom stereocenters. The van der Waals surface area contributed by atoms with Crippen LogP contribution in [0.3, 0.4) is 0 Å². The Morgan fingerprint density at radius 3 is 1.31 bits per heavy atom. The molecule has 0 radical (unpaired) electrons. The van der Waals surface area contributed by atoms with Gasteiger partial charge in [0.15, 0.2) is 11.5 Å². The third-order valence-corrected chi connectivity index (χ3v) is 1.48. The molecule has 1 aromatic carbocycles. The zero-order chi connectivity index (χ0) is 10.2. The van der Waals surface area contributed by atoms with Crippen LogP contribution in [0.5, 0.6) is 28.7 Å². The molecule has 13 heavy (non-hydrogen) atoms. The zero-order valence-electron chi connectivity index (χ0n) is 6.18. The predicted molar refractivity (Wildman–Crippen MR) is 39.5 cm³/mol. The second kappa shape index (κ2) is 2.64. The fourth-order valence-corrected chi connectivity index (χ4v) is 0.791. The number of nitrogens with zero attached hydrogens (tertiary/aromatic N) is 1. The third-order valence-electron chi connectivity index (χ3n) is 1.48. The van der Waals surface area contributed by atoms with Gasteiger partial charge in [-0.15, -0.1) is 0 Å². The summed E-state index contributed by atoms with van der Waals surface area (Å²) in [6.45, 7) is 0. The largest absolute Gasteiger partial charge is 0.503 e. The van der Waals surface area contributed by atoms with Gasteiger partial charge in [0.2, 0.25) is 17.2 Å². The van der Waals surface area contributed by atoms with Crippen molar-refractivity contribution in [2.75, 3.05) is 0 Å². The Bertz CT molecular complexity index is 377. The molecule has 0 aliphatic rings. The second-order valence-corrected chi connectivity index (χ2v) is 2.23. The number of aromatic hydroxyl groups is 5. The van der Waals surface area contributed by atoms with Gasteiger partial charge < -0.3 is 25.5 Å². The van der Waals surface area contributed by atoms with E-state index in [1.54, 1.807) is 0 Å². The van der Waals surface area contributed by atoms with Crippen molar-refractivity contribution in [3.63, 3.8) is 0 Å². The lowest BCUT2D eigenvalue weighted by Gasteiger charge is -2.06. The van der Waals surface area contributed by atoms with E-state index < -0.39 is 34.3 Å². The maximum atomic E-state index is 8.98. The minimum absolute atomic E-state index is 0.701. The highest BCUT2D eigenvalue weighted by molar-refractivity contribution is 5.70. The fraction of sp³-hybridized carbons (Fsp3) is 0. The lowest BCUT2D eigenvalue weighted by atomic mass is 10.1. The molecule has 6 nitrogen and oxygen atoms in total. The van der Waals surface area contributed by atoms with E-state index in [0.29, 0.717) is 0 Å². The van der Waals surface area contributed by atoms with Gasteiger partial charge in [-0.3, -0.25) is 0 Å². The van der Waals surface area contributed by atoms with Gasteiger partial charge in [0, 0.05) is 0 Å². The van der Waals surface area contributed by atoms with Crippen molar-refractivity contribution in [3.05, 3.63) is 5.56 Å². The first kappa shape index (κ1) is 8.80. The van der Waals surface area contributed by atoms with Crippen LogP contribution in [0.4, 0.5) is 0 Å². The molecular formula is C7H5NO5. The van der Waals surface area contributed by atoms with Crippen molar-refractivity contribution in [2.24, 2.45) is 0 Å². The summed E-state index contributed by atoms with van der Waals surface area (Å²) in [5.41, 5.74) is -0.701. The van der Waals surface area contributed by atoms with Gasteiger partial charge in [-0.05, 0) is 0 Å². The maximum Gasteiger partial charge on any atom is 0.208 e. The molecule has 0 aromatic heterocycles. The highest BCUT2D eigenvalue weighted by atomic mass is 16.4. The molecule has 5 N–H and O–H groups in total. The summed E-state index contributed by atoms with van der Waals surface area (Å²) >= 11 is 0. The van der Waals surface area contributed by atoms with Crippen LogP contribution in [-0.4, -0.2) is 25.5 Å². The van der Waals surface area contributed by atoms with Crippen LogP contribution in [0.25, 0.3) is 0 Å². The molecule has 0 saturated carbocycles. The number of hydrogen-bond acceptors (Lipinski definition) is 6. The van der Waals surface area contributed by atoms with Crippen LogP contribution in [0.15, 0.2) is 0 Å². The molecule has 0 aliphatic carbocycles. The molecule has 6 heteroatoms. The summed E-state index contributed by atoms with van der Waals surface area (Å²) in [7, 11) is 0. The number of hydrogen-bond donors (Lipinski definition) is 5. The average molecular weight is 183 g/mol. The number of nitriles is 1. The van der Waals surface area contributed by atoms with Gasteiger partial charge in [-0.2, -0.15) is 5.26 Å². The first-order valence-electron chi connectivity index (χ1n) is 3.09. The van der Waals surface area contributed by atoms with Crippen molar-refractivity contribution >= 4 is 0 Å². The fourth-order valence-electron chi connectivity index (χ4n) is 0.791. The molecule has 0 aliphatic heterocycles. The molecule has 0 saturated heterocycles. The van der Waals surface area contributed by atoms with Crippen molar-refractivity contribution in [1.29, 1.82) is 5.26 Å². The quantitative estimate of drug-likeness (QED) is 0.286. The molecule has 0 amide bonds. The minimum atomic E-state index is -1.08. The van der Waals surface area contributed by atoms with Crippen LogP contribution in [0, 0.1) is 11.3 Å². The van der Waals surface area contributed by atoms with Crippen molar-refractivity contribution in [3.8, 4) is 34.8 Å². The second-order valence-electron chi connectivity index (χ2n) is 2.23. The predicted octanol–water partition coefficient (Wildman–Crippen LogP) is 0.0863. The van der Waals surface area contributed by atoms with Gasteiger partial charge in [0.25, 0.3) is 0 Å². The summed E-state index contributed by atoms with van der Waals surface area (Å²) in [6, 6.07) is 1.34. The Morgan fingerprint density at radius 2 is 1.00 bits per heavy atom. The van der Waals surface area contributed by atoms with Crippen LogP contribution in [0.2, 0.25) is 0 Å². The molecule has 1 rings (SSSR count). The van der Waals surface area contributed by atoms with Crippen molar-refractivity contribution < 1.29 is 25.5 Å². The lowest BCUT2D eigenvalue weighted by molar-refractivity contribution is 0.327. The Labute approximate surface area is 72.2 Å². The van der Waals surface area contributed by atoms with Gasteiger partial charge in [-0.25, -0.2) is 0 Å². The van der Waals surface area contributed by atoms with Gasteiger partial charge >= 0.3 is 0 Å². The van der Waals surface area contributed by atoms with E-state index >= 15 is 0 Å². The minimum Gasteiger partial charge on any atom is -0.503 e. The van der Waals surface area contributed by atoms with Crippen LogP contribution >= 0.6 is 0 Å². The summed E-state index contributed by atoms with van der Waals surface area (Å²) in [5.74, 6) is -5.13. The Kier molecular flexibility index (Phi) is 1.79. The summed E-state index contributed by atoms with van der Waals surface area (Å²) in [5, 5.41) is 53.0. The summed E-state index contributed by atoms with van der Waals surface area (Å²) in [4.78, 5) is 0. The molecule has 0 atom stereocenters. The molecule has 0 spiro atoms. The van der Waals surface area contributed by atoms with Gasteiger partial charge in [0.05, 0.1) is 0 Å². The maximum absolute atomic E-state index is 8.98. The molecule has 0 fully saturated rings. The van der Waals surface area contributed by atoms with Gasteiger partial charge in [0.1, 0.15) is 11.6 Å². The van der Waals surface area contributed by atoms with Gasteiger partial charge in [-0.1, -0.05) is 0 Å². The molecule has 0 bridgehead atoms. The number of phenolic OH excluding ortho intramolecular Hbond substituents is 5. The Balaban J connectivity index is 3.69. The topological polar surface area (TPSA) is 125 Å². The summed E-state index contributed by atoms with van der Waals surface area (Å²) in [6.07, 6.45) is 0. The Hall–Kier alpha value is -2.29. The van der Waals surface area contributed by atoms with Crippen LogP contribution in [0.1, 0.15) is 5.56 Å². The smallest absolute Gasteiger partial charge is 0.208 e. The summed E-state index contributed by atoms with van der Waals surface area (Å²) < 4.78 is 0. The van der Waals surface area contributed by atoms with Crippen molar-refractivity contribution in [1.82, 2.24) is 0 Å². The monoisotopic (exact) mass is 183 g/mol. The van der Waals surface area contributed by atoms with E-state index in [9.17, 15) is 0 Å². The first-order valence-corrected chi connectivity index (χ1v) is 3.09. The van der Waals surface area contributed by atoms with Crippen LogP contribution in [-0.2, 0) is 0 Å². The molecule has 1 aromatic rings. The van der Waals surface area contributed by atoms with E-state index in [1.807, 2.05) is 0 Å². The highest BCUT2D eigenvalue weighted by Gasteiger charge is 2.22. The third kappa shape index (κ3) is 1.03.